The number of hydrogen-bond donors (Lipinski definition) is 2. The van der Waals surface area contributed by atoms with Crippen molar-refractivity contribution >= 4 is 17.6 Å². The van der Waals surface area contributed by atoms with Crippen LogP contribution in [-0.4, -0.2) is 16.7 Å². The zero-order valence-corrected chi connectivity index (χ0v) is 13.4. The number of carbonyl (C=O) groups excluding carboxylic acids is 1. The molecule has 0 bridgehead atoms. The summed E-state index contributed by atoms with van der Waals surface area (Å²) >= 11 is 0. The van der Waals surface area contributed by atoms with Crippen molar-refractivity contribution in [2.24, 2.45) is 0 Å². The minimum absolute atomic E-state index is 0.388. The molecule has 1 aromatic carbocycles. The van der Waals surface area contributed by atoms with Crippen molar-refractivity contribution in [3.63, 3.8) is 0 Å². The molecular formula is C18H19N3O2. The van der Waals surface area contributed by atoms with E-state index >= 15 is 0 Å². The lowest BCUT2D eigenvalue weighted by atomic mass is 10.2. The van der Waals surface area contributed by atoms with Crippen LogP contribution in [0, 0.1) is 11.8 Å². The van der Waals surface area contributed by atoms with Crippen LogP contribution in [-0.2, 0) is 4.74 Å². The molecule has 118 valence electrons. The molecule has 0 radical (unpaired) electrons. The third-order valence-electron chi connectivity index (χ3n) is 2.63. The van der Waals surface area contributed by atoms with Gasteiger partial charge in [-0.15, -0.1) is 0 Å². The van der Waals surface area contributed by atoms with Crippen LogP contribution in [0.2, 0.25) is 0 Å². The Kier molecular flexibility index (Phi) is 4.87. The van der Waals surface area contributed by atoms with Crippen LogP contribution in [0.15, 0.2) is 42.6 Å². The number of aromatic nitrogens is 1. The van der Waals surface area contributed by atoms with E-state index in [1.54, 1.807) is 51.2 Å². The molecule has 2 aromatic rings. The van der Waals surface area contributed by atoms with Crippen molar-refractivity contribution in [3.05, 3.63) is 53.7 Å². The van der Waals surface area contributed by atoms with Crippen molar-refractivity contribution in [3.8, 4) is 11.8 Å². The van der Waals surface area contributed by atoms with Gasteiger partial charge in [0.25, 0.3) is 0 Å². The van der Waals surface area contributed by atoms with Crippen molar-refractivity contribution in [2.45, 2.75) is 26.4 Å². The molecule has 1 amide bonds. The maximum Gasteiger partial charge on any atom is 0.413 e. The van der Waals surface area contributed by atoms with Gasteiger partial charge in [0, 0.05) is 23.0 Å². The summed E-state index contributed by atoms with van der Waals surface area (Å²) in [4.78, 5) is 15.8. The van der Waals surface area contributed by atoms with Crippen LogP contribution in [0.5, 0.6) is 0 Å². The average molecular weight is 309 g/mol. The molecule has 0 fully saturated rings. The van der Waals surface area contributed by atoms with Crippen molar-refractivity contribution < 1.29 is 9.53 Å². The van der Waals surface area contributed by atoms with Crippen LogP contribution in [0.25, 0.3) is 0 Å². The van der Waals surface area contributed by atoms with Crippen LogP contribution >= 0.6 is 0 Å². The molecule has 2 rings (SSSR count). The molecule has 0 saturated carbocycles. The quantitative estimate of drug-likeness (QED) is 0.625. The van der Waals surface area contributed by atoms with Gasteiger partial charge >= 0.3 is 6.09 Å². The van der Waals surface area contributed by atoms with Gasteiger partial charge in [0.15, 0.2) is 0 Å². The van der Waals surface area contributed by atoms with Crippen LogP contribution in [0.4, 0.5) is 16.3 Å². The normalized spacial score (nSPS) is 10.4. The van der Waals surface area contributed by atoms with Gasteiger partial charge in [0.05, 0.1) is 0 Å². The number of nitrogens with two attached hydrogens (primary N) is 1. The number of pyridine rings is 1. The first-order chi connectivity index (χ1) is 10.8. The molecule has 5 heteroatoms. The standard InChI is InChI=1S/C18H19N3O2/c1-18(2,3)23-17(22)21-16-12-14(9-10-20-16)8-7-13-5-4-6-15(19)11-13/h4-6,9-12H,19H2,1-3H3,(H,20,21,22). The molecule has 23 heavy (non-hydrogen) atoms. The van der Waals surface area contributed by atoms with Crippen LogP contribution in [0.3, 0.4) is 0 Å². The first-order valence-corrected chi connectivity index (χ1v) is 7.15. The molecule has 5 nitrogen and oxygen atoms in total. The van der Waals surface area contributed by atoms with E-state index in [4.69, 9.17) is 10.5 Å². The van der Waals surface area contributed by atoms with E-state index in [9.17, 15) is 4.79 Å². The highest BCUT2D eigenvalue weighted by atomic mass is 16.6. The zero-order valence-electron chi connectivity index (χ0n) is 13.4. The second-order valence-corrected chi connectivity index (χ2v) is 5.93. The average Bonchev–Trinajstić information content (AvgIpc) is 2.43. The second-order valence-electron chi connectivity index (χ2n) is 5.93. The number of benzene rings is 1. The molecule has 0 unspecified atom stereocenters. The van der Waals surface area contributed by atoms with Gasteiger partial charge in [0.2, 0.25) is 0 Å². The topological polar surface area (TPSA) is 77.2 Å². The molecule has 3 N–H and O–H groups in total. The summed E-state index contributed by atoms with van der Waals surface area (Å²) < 4.78 is 5.18. The summed E-state index contributed by atoms with van der Waals surface area (Å²) in [5.41, 5.74) is 7.38. The maximum absolute atomic E-state index is 11.7. The Labute approximate surface area is 135 Å². The van der Waals surface area contributed by atoms with Gasteiger partial charge in [-0.1, -0.05) is 17.9 Å². The Morgan fingerprint density at radius 2 is 1.87 bits per heavy atom. The van der Waals surface area contributed by atoms with Gasteiger partial charge in [-0.3, -0.25) is 5.32 Å². The smallest absolute Gasteiger partial charge is 0.413 e. The zero-order chi connectivity index (χ0) is 16.9. The largest absolute Gasteiger partial charge is 0.444 e. The third-order valence-corrected chi connectivity index (χ3v) is 2.63. The van der Waals surface area contributed by atoms with Crippen LogP contribution in [0.1, 0.15) is 31.9 Å². The summed E-state index contributed by atoms with van der Waals surface area (Å²) in [5.74, 6) is 6.42. The van der Waals surface area contributed by atoms with E-state index in [-0.39, 0.29) is 0 Å². The SMILES string of the molecule is CC(C)(C)OC(=O)Nc1cc(C#Cc2cccc(N)c2)ccn1. The minimum atomic E-state index is -0.561. The van der Waals surface area contributed by atoms with Crippen molar-refractivity contribution in [2.75, 3.05) is 11.1 Å². The van der Waals surface area contributed by atoms with E-state index in [1.807, 2.05) is 12.1 Å². The van der Waals surface area contributed by atoms with Crippen molar-refractivity contribution in [1.82, 2.24) is 4.98 Å². The van der Waals surface area contributed by atoms with Gasteiger partial charge in [-0.25, -0.2) is 9.78 Å². The Hall–Kier alpha value is -3.00. The first-order valence-electron chi connectivity index (χ1n) is 7.15. The van der Waals surface area contributed by atoms with Gasteiger partial charge in [-0.05, 0) is 51.1 Å². The number of nitrogen functional groups attached to an aromatic ring is 1. The monoisotopic (exact) mass is 309 g/mol. The molecule has 0 saturated heterocycles. The first kappa shape index (κ1) is 16.4. The van der Waals surface area contributed by atoms with Gasteiger partial charge < -0.3 is 10.5 Å². The fourth-order valence-corrected chi connectivity index (χ4v) is 1.75. The van der Waals surface area contributed by atoms with E-state index in [1.165, 1.54) is 0 Å². The summed E-state index contributed by atoms with van der Waals surface area (Å²) in [6.45, 7) is 5.40. The molecule has 0 spiro atoms. The predicted molar refractivity (Wildman–Crippen MR) is 90.9 cm³/mol. The number of nitrogens with one attached hydrogen (secondary N) is 1. The minimum Gasteiger partial charge on any atom is -0.444 e. The number of carbonyl (C=O) groups is 1. The van der Waals surface area contributed by atoms with E-state index < -0.39 is 11.7 Å². The molecule has 0 atom stereocenters. The second kappa shape index (κ2) is 6.84. The number of amides is 1. The number of anilines is 2. The summed E-state index contributed by atoms with van der Waals surface area (Å²) in [5, 5.41) is 2.59. The number of ether oxygens (including phenoxy) is 1. The fraction of sp³-hybridized carbons (Fsp3) is 0.222. The predicted octanol–water partition coefficient (Wildman–Crippen LogP) is 3.41. The van der Waals surface area contributed by atoms with E-state index in [0.29, 0.717) is 11.5 Å². The number of nitrogens with zero attached hydrogens (tertiary/aromatic N) is 1. The molecule has 1 aromatic heterocycles. The fourth-order valence-electron chi connectivity index (χ4n) is 1.75. The highest BCUT2D eigenvalue weighted by Crippen LogP contribution is 2.11. The third kappa shape index (κ3) is 5.71. The Morgan fingerprint density at radius 1 is 1.17 bits per heavy atom. The van der Waals surface area contributed by atoms with E-state index in [2.05, 4.69) is 22.1 Å². The Bertz CT molecular complexity index is 768. The molecule has 0 aliphatic carbocycles. The summed E-state index contributed by atoms with van der Waals surface area (Å²) in [6, 6.07) is 10.8. The lowest BCUT2D eigenvalue weighted by Crippen LogP contribution is -2.27. The molecule has 0 aliphatic heterocycles. The van der Waals surface area contributed by atoms with Gasteiger partial charge in [0.1, 0.15) is 11.4 Å². The lowest BCUT2D eigenvalue weighted by molar-refractivity contribution is 0.0635. The Morgan fingerprint density at radius 3 is 2.52 bits per heavy atom. The highest BCUT2D eigenvalue weighted by molar-refractivity contribution is 5.83. The van der Waals surface area contributed by atoms with E-state index in [0.717, 1.165) is 11.1 Å². The van der Waals surface area contributed by atoms with Gasteiger partial charge in [-0.2, -0.15) is 0 Å². The molecule has 1 heterocycles. The number of rotatable bonds is 1. The van der Waals surface area contributed by atoms with Crippen molar-refractivity contribution in [1.29, 1.82) is 0 Å². The molecular weight excluding hydrogens is 290 g/mol. The van der Waals surface area contributed by atoms with Crippen LogP contribution < -0.4 is 11.1 Å². The summed E-state index contributed by atoms with van der Waals surface area (Å²) in [6.07, 6.45) is 1.03. The number of hydrogen-bond acceptors (Lipinski definition) is 4. The summed E-state index contributed by atoms with van der Waals surface area (Å²) in [7, 11) is 0. The molecule has 0 aliphatic rings. The Balaban J connectivity index is 2.10. The lowest BCUT2D eigenvalue weighted by Gasteiger charge is -2.19. The highest BCUT2D eigenvalue weighted by Gasteiger charge is 2.16. The maximum atomic E-state index is 11.7.